The third kappa shape index (κ3) is 1.75. The Hall–Kier alpha value is -0.630. The summed E-state index contributed by atoms with van der Waals surface area (Å²) in [5.74, 6) is 1.25. The molecule has 0 radical (unpaired) electrons. The summed E-state index contributed by atoms with van der Waals surface area (Å²) in [5, 5.41) is 2.13. The summed E-state index contributed by atoms with van der Waals surface area (Å²) in [7, 11) is 0. The Kier molecular flexibility index (Phi) is 3.04. The lowest BCUT2D eigenvalue weighted by atomic mass is 9.91. The van der Waals surface area contributed by atoms with Crippen LogP contribution in [0.1, 0.15) is 37.9 Å². The van der Waals surface area contributed by atoms with Gasteiger partial charge < -0.3 is 0 Å². The van der Waals surface area contributed by atoms with Gasteiger partial charge in [-0.3, -0.25) is 0 Å². The molecule has 0 saturated carbocycles. The minimum Gasteiger partial charge on any atom is -0.193 e. The highest BCUT2D eigenvalue weighted by atomic mass is 32.1. The maximum Gasteiger partial charge on any atom is 0.0797 e. The van der Waals surface area contributed by atoms with Gasteiger partial charge in [-0.2, -0.15) is 4.37 Å². The van der Waals surface area contributed by atoms with E-state index in [1.807, 2.05) is 6.08 Å². The third-order valence-corrected chi connectivity index (χ3v) is 2.97. The molecule has 12 heavy (non-hydrogen) atoms. The summed E-state index contributed by atoms with van der Waals surface area (Å²) in [6, 6.07) is 0. The second kappa shape index (κ2) is 3.85. The molecule has 1 aromatic rings. The van der Waals surface area contributed by atoms with Crippen LogP contribution < -0.4 is 0 Å². The van der Waals surface area contributed by atoms with E-state index in [1.54, 1.807) is 0 Å². The highest BCUT2D eigenvalue weighted by Crippen LogP contribution is 2.27. The summed E-state index contributed by atoms with van der Waals surface area (Å²) in [4.78, 5) is 0. The van der Waals surface area contributed by atoms with Gasteiger partial charge in [0.1, 0.15) is 0 Å². The van der Waals surface area contributed by atoms with Crippen molar-refractivity contribution < 1.29 is 0 Å². The molecule has 0 aliphatic carbocycles. The van der Waals surface area contributed by atoms with E-state index in [0.29, 0.717) is 11.8 Å². The van der Waals surface area contributed by atoms with Crippen molar-refractivity contribution in [3.8, 4) is 0 Å². The molecule has 2 heteroatoms. The second-order valence-electron chi connectivity index (χ2n) is 3.39. The Balaban J connectivity index is 2.93. The average molecular weight is 181 g/mol. The summed E-state index contributed by atoms with van der Waals surface area (Å²) in [5.41, 5.74) is 2.39. The minimum atomic E-state index is 0.580. The summed E-state index contributed by atoms with van der Waals surface area (Å²) < 4.78 is 4.26. The molecule has 0 saturated heterocycles. The molecule has 0 unspecified atom stereocenters. The van der Waals surface area contributed by atoms with Crippen LogP contribution in [0.5, 0.6) is 0 Å². The van der Waals surface area contributed by atoms with Crippen LogP contribution in [0.15, 0.2) is 12.0 Å². The topological polar surface area (TPSA) is 12.9 Å². The zero-order valence-electron chi connectivity index (χ0n) is 7.87. The molecule has 1 rings (SSSR count). The van der Waals surface area contributed by atoms with Crippen molar-refractivity contribution in [2.24, 2.45) is 5.92 Å². The fraction of sp³-hybridized carbons (Fsp3) is 0.500. The fourth-order valence-corrected chi connectivity index (χ4v) is 1.90. The molecule has 0 N–H and O–H groups in total. The zero-order valence-corrected chi connectivity index (χ0v) is 8.69. The van der Waals surface area contributed by atoms with Crippen LogP contribution in [0.4, 0.5) is 0 Å². The van der Waals surface area contributed by atoms with Gasteiger partial charge in [0.25, 0.3) is 0 Å². The predicted octanol–water partition coefficient (Wildman–Crippen LogP) is 3.55. The molecular weight excluding hydrogens is 166 g/mol. The number of nitrogens with zero attached hydrogens (tertiary/aromatic N) is 1. The van der Waals surface area contributed by atoms with Crippen molar-refractivity contribution in [3.63, 3.8) is 0 Å². The van der Waals surface area contributed by atoms with Crippen LogP contribution in [-0.4, -0.2) is 4.37 Å². The maximum atomic E-state index is 4.26. The van der Waals surface area contributed by atoms with E-state index >= 15 is 0 Å². The van der Waals surface area contributed by atoms with Crippen molar-refractivity contribution in [2.45, 2.75) is 26.7 Å². The molecule has 0 aliphatic rings. The number of rotatable bonds is 3. The molecule has 0 fully saturated rings. The predicted molar refractivity (Wildman–Crippen MR) is 55.5 cm³/mol. The Morgan fingerprint density at radius 1 is 1.50 bits per heavy atom. The normalized spacial score (nSPS) is 13.3. The quantitative estimate of drug-likeness (QED) is 0.695. The molecule has 1 nitrogen and oxygen atoms in total. The Bertz CT molecular complexity index is 263. The lowest BCUT2D eigenvalue weighted by molar-refractivity contribution is 0.535. The van der Waals surface area contributed by atoms with Crippen molar-refractivity contribution in [2.75, 3.05) is 0 Å². The zero-order chi connectivity index (χ0) is 9.14. The molecular formula is C10H15NS. The van der Waals surface area contributed by atoms with E-state index in [4.69, 9.17) is 0 Å². The number of hydrogen-bond donors (Lipinski definition) is 0. The molecule has 0 spiro atoms. The first-order valence-electron chi connectivity index (χ1n) is 4.23. The van der Waals surface area contributed by atoms with Gasteiger partial charge in [0.05, 0.1) is 5.69 Å². The van der Waals surface area contributed by atoms with E-state index in [2.05, 4.69) is 37.1 Å². The minimum absolute atomic E-state index is 0.580. The fourth-order valence-electron chi connectivity index (χ4n) is 1.11. The highest BCUT2D eigenvalue weighted by molar-refractivity contribution is 7.03. The van der Waals surface area contributed by atoms with Crippen LogP contribution in [-0.2, 0) is 0 Å². The Morgan fingerprint density at radius 3 is 2.67 bits per heavy atom. The largest absolute Gasteiger partial charge is 0.193 e. The molecule has 0 aromatic carbocycles. The average Bonchev–Trinajstić information content (AvgIpc) is 2.49. The van der Waals surface area contributed by atoms with Crippen molar-refractivity contribution in [1.82, 2.24) is 4.37 Å². The van der Waals surface area contributed by atoms with Gasteiger partial charge in [0.15, 0.2) is 0 Å². The van der Waals surface area contributed by atoms with E-state index in [-0.39, 0.29) is 0 Å². The van der Waals surface area contributed by atoms with Crippen molar-refractivity contribution in [3.05, 3.63) is 23.2 Å². The number of aromatic nitrogens is 1. The molecule has 66 valence electrons. The second-order valence-corrected chi connectivity index (χ2v) is 4.02. The maximum absolute atomic E-state index is 4.26. The first-order valence-corrected chi connectivity index (χ1v) is 5.07. The summed E-state index contributed by atoms with van der Waals surface area (Å²) in [6.07, 6.45) is 1.84. The molecule has 0 aliphatic heterocycles. The van der Waals surface area contributed by atoms with Gasteiger partial charge >= 0.3 is 0 Å². The van der Waals surface area contributed by atoms with Crippen molar-refractivity contribution >= 4 is 17.6 Å². The molecule has 1 heterocycles. The van der Waals surface area contributed by atoms with Gasteiger partial charge in [0.2, 0.25) is 0 Å². The van der Waals surface area contributed by atoms with Gasteiger partial charge in [-0.15, -0.1) is 0 Å². The van der Waals surface area contributed by atoms with Crippen LogP contribution in [0.25, 0.3) is 6.08 Å². The lowest BCUT2D eigenvalue weighted by Gasteiger charge is -2.14. The SMILES string of the molecule is C=Cc1nscc1[C@H](C)C(C)C. The molecule has 0 amide bonds. The van der Waals surface area contributed by atoms with Crippen LogP contribution in [0.3, 0.4) is 0 Å². The van der Waals surface area contributed by atoms with E-state index in [0.717, 1.165) is 5.69 Å². The van der Waals surface area contributed by atoms with E-state index in [1.165, 1.54) is 17.1 Å². The summed E-state index contributed by atoms with van der Waals surface area (Å²) >= 11 is 1.52. The molecule has 1 aromatic heterocycles. The first kappa shape index (κ1) is 9.46. The van der Waals surface area contributed by atoms with Crippen LogP contribution in [0.2, 0.25) is 0 Å². The molecule has 1 atom stereocenters. The third-order valence-electron chi connectivity index (χ3n) is 2.31. The number of hydrogen-bond acceptors (Lipinski definition) is 2. The smallest absolute Gasteiger partial charge is 0.0797 e. The van der Waals surface area contributed by atoms with Gasteiger partial charge in [-0.25, -0.2) is 0 Å². The van der Waals surface area contributed by atoms with E-state index in [9.17, 15) is 0 Å². The van der Waals surface area contributed by atoms with Gasteiger partial charge in [-0.05, 0) is 35.0 Å². The monoisotopic (exact) mass is 181 g/mol. The first-order chi connectivity index (χ1) is 5.66. The molecule has 0 bridgehead atoms. The lowest BCUT2D eigenvalue weighted by Crippen LogP contribution is -2.02. The van der Waals surface area contributed by atoms with Gasteiger partial charge in [-0.1, -0.05) is 27.4 Å². The van der Waals surface area contributed by atoms with Crippen LogP contribution in [0, 0.1) is 5.92 Å². The standard InChI is InChI=1S/C10H15NS/c1-5-10-9(6-12-11-10)8(4)7(2)3/h5-8H,1H2,2-4H3/t8-/m1/s1. The van der Waals surface area contributed by atoms with Crippen molar-refractivity contribution in [1.29, 1.82) is 0 Å². The highest BCUT2D eigenvalue weighted by Gasteiger charge is 2.14. The van der Waals surface area contributed by atoms with Gasteiger partial charge in [0, 0.05) is 5.38 Å². The van der Waals surface area contributed by atoms with Crippen LogP contribution >= 0.6 is 11.5 Å². The van der Waals surface area contributed by atoms with E-state index < -0.39 is 0 Å². The Labute approximate surface area is 78.3 Å². The summed E-state index contributed by atoms with van der Waals surface area (Å²) in [6.45, 7) is 10.4. The Morgan fingerprint density at radius 2 is 2.17 bits per heavy atom.